The normalized spacial score (nSPS) is 10.8. The minimum atomic E-state index is -0.960. The van der Waals surface area contributed by atoms with Crippen LogP contribution in [0.4, 0.5) is 11.5 Å². The van der Waals surface area contributed by atoms with Crippen molar-refractivity contribution in [2.24, 2.45) is 0 Å². The van der Waals surface area contributed by atoms with E-state index in [9.17, 15) is 9.90 Å². The highest BCUT2D eigenvalue weighted by atomic mass is 16.4. The molecule has 0 aliphatic carbocycles. The Hall–Kier alpha value is -3.86. The lowest BCUT2D eigenvalue weighted by molar-refractivity contribution is 0.0698. The second-order valence-electron chi connectivity index (χ2n) is 7.64. The lowest BCUT2D eigenvalue weighted by Crippen LogP contribution is -2.08. The highest BCUT2D eigenvalue weighted by Crippen LogP contribution is 2.30. The summed E-state index contributed by atoms with van der Waals surface area (Å²) in [5.41, 5.74) is 6.77. The van der Waals surface area contributed by atoms with Crippen LogP contribution in [0.5, 0.6) is 0 Å². The highest BCUT2D eigenvalue weighted by molar-refractivity contribution is 5.95. The molecule has 0 aliphatic heterocycles. The maximum absolute atomic E-state index is 11.9. The molecule has 1 heterocycles. The molecule has 0 radical (unpaired) electrons. The molecule has 3 aromatic carbocycles. The van der Waals surface area contributed by atoms with Crippen LogP contribution < -0.4 is 5.32 Å². The number of nitrogens with one attached hydrogen (secondary N) is 1. The first-order valence-corrected chi connectivity index (χ1v) is 10.3. The molecule has 0 saturated heterocycles. The lowest BCUT2D eigenvalue weighted by atomic mass is 10.1. The predicted octanol–water partition coefficient (Wildman–Crippen LogP) is 6.16. The molecule has 2 N–H and O–H groups in total. The zero-order valence-electron chi connectivity index (χ0n) is 17.9. The number of aromatic carboxylic acids is 1. The van der Waals surface area contributed by atoms with E-state index in [-0.39, 0.29) is 5.56 Å². The number of carboxylic acid groups (broad SMARTS) is 1. The van der Waals surface area contributed by atoms with Crippen LogP contribution >= 0.6 is 0 Å². The van der Waals surface area contributed by atoms with Crippen molar-refractivity contribution in [2.45, 2.75) is 27.2 Å². The van der Waals surface area contributed by atoms with Crippen LogP contribution in [0.1, 0.15) is 34.0 Å². The largest absolute Gasteiger partial charge is 0.478 e. The summed E-state index contributed by atoms with van der Waals surface area (Å²) in [5, 5.41) is 17.9. The summed E-state index contributed by atoms with van der Waals surface area (Å²) in [6.45, 7) is 6.09. The van der Waals surface area contributed by atoms with Gasteiger partial charge in [0.2, 0.25) is 0 Å². The van der Waals surface area contributed by atoms with Crippen molar-refractivity contribution in [1.29, 1.82) is 0 Å². The number of hydrogen-bond acceptors (Lipinski definition) is 3. The fourth-order valence-corrected chi connectivity index (χ4v) is 3.56. The van der Waals surface area contributed by atoms with Crippen molar-refractivity contribution >= 4 is 17.5 Å². The van der Waals surface area contributed by atoms with Crippen molar-refractivity contribution in [3.05, 3.63) is 95.1 Å². The molecule has 0 aliphatic rings. The number of aryl methyl sites for hydroxylation is 3. The van der Waals surface area contributed by atoms with E-state index in [1.165, 1.54) is 5.56 Å². The molecule has 0 saturated carbocycles. The Morgan fingerprint density at radius 3 is 2.42 bits per heavy atom. The Bertz CT molecular complexity index is 1240. The Morgan fingerprint density at radius 2 is 1.74 bits per heavy atom. The average Bonchev–Trinajstić information content (AvgIpc) is 3.18. The summed E-state index contributed by atoms with van der Waals surface area (Å²) in [4.78, 5) is 11.9. The molecule has 31 heavy (non-hydrogen) atoms. The van der Waals surface area contributed by atoms with E-state index in [1.807, 2.05) is 73.1 Å². The number of rotatable bonds is 6. The molecule has 0 spiro atoms. The summed E-state index contributed by atoms with van der Waals surface area (Å²) in [6.07, 6.45) is 0.777. The third-order valence-corrected chi connectivity index (χ3v) is 5.39. The van der Waals surface area contributed by atoms with Gasteiger partial charge < -0.3 is 10.4 Å². The molecule has 0 amide bonds. The summed E-state index contributed by atoms with van der Waals surface area (Å²) in [7, 11) is 0. The van der Waals surface area contributed by atoms with Crippen molar-refractivity contribution < 1.29 is 9.90 Å². The van der Waals surface area contributed by atoms with E-state index in [2.05, 4.69) is 24.4 Å². The molecule has 4 aromatic rings. The third kappa shape index (κ3) is 4.21. The van der Waals surface area contributed by atoms with Crippen molar-refractivity contribution in [3.8, 4) is 16.9 Å². The van der Waals surface area contributed by atoms with Gasteiger partial charge >= 0.3 is 5.97 Å². The van der Waals surface area contributed by atoms with Crippen LogP contribution in [0.25, 0.3) is 16.9 Å². The topological polar surface area (TPSA) is 67.2 Å². The first kappa shape index (κ1) is 20.4. The van der Waals surface area contributed by atoms with E-state index < -0.39 is 5.97 Å². The standard InChI is InChI=1S/C26H25N3O2/c1-4-19-11-14-22(21(15-19)26(30)31)27-25-16-23(20-12-9-17(2)10-13-20)28-29(25)24-8-6-5-7-18(24)3/h5-16,27H,4H2,1-3H3,(H,30,31). The molecule has 0 atom stereocenters. The van der Waals surface area contributed by atoms with E-state index in [0.29, 0.717) is 11.5 Å². The van der Waals surface area contributed by atoms with Gasteiger partial charge in [0, 0.05) is 11.6 Å². The first-order valence-electron chi connectivity index (χ1n) is 10.3. The van der Waals surface area contributed by atoms with Crippen LogP contribution in [0.15, 0.2) is 72.8 Å². The Morgan fingerprint density at radius 1 is 1.00 bits per heavy atom. The lowest BCUT2D eigenvalue weighted by Gasteiger charge is -2.14. The van der Waals surface area contributed by atoms with Gasteiger partial charge in [-0.1, -0.05) is 61.0 Å². The van der Waals surface area contributed by atoms with Crippen molar-refractivity contribution in [2.75, 3.05) is 5.32 Å². The van der Waals surface area contributed by atoms with Gasteiger partial charge in [0.1, 0.15) is 5.82 Å². The van der Waals surface area contributed by atoms with Gasteiger partial charge in [0.25, 0.3) is 0 Å². The number of carboxylic acids is 1. The van der Waals surface area contributed by atoms with E-state index >= 15 is 0 Å². The second-order valence-corrected chi connectivity index (χ2v) is 7.64. The summed E-state index contributed by atoms with van der Waals surface area (Å²) in [5.74, 6) is -0.255. The van der Waals surface area contributed by atoms with Gasteiger partial charge in [0.15, 0.2) is 0 Å². The summed E-state index contributed by atoms with van der Waals surface area (Å²) < 4.78 is 1.84. The van der Waals surface area contributed by atoms with E-state index in [1.54, 1.807) is 6.07 Å². The Kier molecular flexibility index (Phi) is 5.58. The zero-order chi connectivity index (χ0) is 22.0. The molecule has 0 unspecified atom stereocenters. The number of carbonyl (C=O) groups is 1. The fourth-order valence-electron chi connectivity index (χ4n) is 3.56. The number of para-hydroxylation sites is 1. The summed E-state index contributed by atoms with van der Waals surface area (Å²) >= 11 is 0. The van der Waals surface area contributed by atoms with Crippen LogP contribution in [-0.2, 0) is 6.42 Å². The van der Waals surface area contributed by atoms with Gasteiger partial charge in [0.05, 0.1) is 22.6 Å². The molecular weight excluding hydrogens is 386 g/mol. The van der Waals surface area contributed by atoms with Crippen LogP contribution in [0.2, 0.25) is 0 Å². The van der Waals surface area contributed by atoms with E-state index in [0.717, 1.165) is 34.5 Å². The van der Waals surface area contributed by atoms with Gasteiger partial charge in [-0.3, -0.25) is 0 Å². The maximum atomic E-state index is 11.9. The third-order valence-electron chi connectivity index (χ3n) is 5.39. The molecule has 1 aromatic heterocycles. The smallest absolute Gasteiger partial charge is 0.337 e. The van der Waals surface area contributed by atoms with Crippen LogP contribution in [-0.4, -0.2) is 20.9 Å². The molecule has 0 bridgehead atoms. The van der Waals surface area contributed by atoms with Gasteiger partial charge in [-0.15, -0.1) is 0 Å². The second kappa shape index (κ2) is 8.48. The molecule has 5 nitrogen and oxygen atoms in total. The van der Waals surface area contributed by atoms with E-state index in [4.69, 9.17) is 5.10 Å². The van der Waals surface area contributed by atoms with Gasteiger partial charge in [-0.25, -0.2) is 9.48 Å². The predicted molar refractivity (Wildman–Crippen MR) is 125 cm³/mol. The van der Waals surface area contributed by atoms with Gasteiger partial charge in [-0.2, -0.15) is 5.10 Å². The molecule has 4 rings (SSSR count). The molecule has 5 heteroatoms. The van der Waals surface area contributed by atoms with Crippen molar-refractivity contribution in [3.63, 3.8) is 0 Å². The quantitative estimate of drug-likeness (QED) is 0.399. The maximum Gasteiger partial charge on any atom is 0.337 e. The number of nitrogens with zero attached hydrogens (tertiary/aromatic N) is 2. The van der Waals surface area contributed by atoms with Crippen molar-refractivity contribution in [1.82, 2.24) is 9.78 Å². The Balaban J connectivity index is 1.84. The minimum Gasteiger partial charge on any atom is -0.478 e. The Labute approximate surface area is 182 Å². The molecular formula is C26H25N3O2. The first-order chi connectivity index (χ1) is 15.0. The number of aromatic nitrogens is 2. The number of anilines is 2. The van der Waals surface area contributed by atoms with Gasteiger partial charge in [-0.05, 0) is 49.6 Å². The minimum absolute atomic E-state index is 0.244. The highest BCUT2D eigenvalue weighted by Gasteiger charge is 2.16. The average molecular weight is 412 g/mol. The summed E-state index contributed by atoms with van der Waals surface area (Å²) in [6, 6.07) is 23.6. The monoisotopic (exact) mass is 411 g/mol. The van der Waals surface area contributed by atoms with Crippen LogP contribution in [0, 0.1) is 13.8 Å². The fraction of sp³-hybridized carbons (Fsp3) is 0.154. The number of benzene rings is 3. The molecule has 156 valence electrons. The van der Waals surface area contributed by atoms with Crippen LogP contribution in [0.3, 0.4) is 0 Å². The number of hydrogen-bond donors (Lipinski definition) is 2. The molecule has 0 fully saturated rings. The zero-order valence-corrected chi connectivity index (χ0v) is 17.9. The SMILES string of the molecule is CCc1ccc(Nc2cc(-c3ccc(C)cc3)nn2-c2ccccc2C)c(C(=O)O)c1.